The number of nitrogens with one attached hydrogen (secondary N) is 1. The summed E-state index contributed by atoms with van der Waals surface area (Å²) in [6.07, 6.45) is -0.313. The second kappa shape index (κ2) is 7.58. The molecule has 7 heteroatoms. The Morgan fingerprint density at radius 1 is 1.30 bits per heavy atom. The number of benzene rings is 1. The Morgan fingerprint density at radius 3 is 2.48 bits per heavy atom. The number of phenolic OH excluding ortho intramolecular Hbond substituents is 1. The number of urea groups is 1. The summed E-state index contributed by atoms with van der Waals surface area (Å²) in [6, 6.07) is 2.15. The number of amides is 2. The van der Waals surface area contributed by atoms with Crippen LogP contribution in [0, 0.1) is 18.3 Å². The number of carbonyl (C=O) groups is 2. The molecule has 1 aliphatic heterocycles. The van der Waals surface area contributed by atoms with Gasteiger partial charge in [0.05, 0.1) is 13.2 Å². The molecule has 0 aromatic heterocycles. The third kappa shape index (κ3) is 4.40. The number of carbonyl (C=O) groups excluding carboxylic acids is 2. The van der Waals surface area contributed by atoms with Crippen LogP contribution in [-0.4, -0.2) is 36.0 Å². The number of aryl methyl sites for hydroxylation is 1. The van der Waals surface area contributed by atoms with E-state index < -0.39 is 24.0 Å². The lowest BCUT2D eigenvalue weighted by atomic mass is 9.86. The molecule has 2 amide bonds. The Morgan fingerprint density at radius 2 is 1.93 bits per heavy atom. The standard InChI is InChI=1S/C20H28N2O5/c1-10-8-13(9-14(26-7)17(10)23)16-15(11(2)21-19(25)22-16)18(24)27-12(3)20(4,5)6/h8-9,12,15-16,23H,1-7H3,(H,22,25). The Kier molecular flexibility index (Phi) is 5.82. The number of nitrogens with zero attached hydrogens (tertiary/aromatic N) is 1. The normalized spacial score (nSPS) is 21.1. The molecule has 0 spiro atoms. The zero-order chi connectivity index (χ0) is 20.5. The van der Waals surface area contributed by atoms with Crippen molar-refractivity contribution in [3.8, 4) is 11.5 Å². The maximum Gasteiger partial charge on any atom is 0.341 e. The Bertz CT molecular complexity index is 779. The van der Waals surface area contributed by atoms with E-state index in [1.54, 1.807) is 26.0 Å². The van der Waals surface area contributed by atoms with Crippen molar-refractivity contribution in [3.05, 3.63) is 23.3 Å². The number of aromatic hydroxyl groups is 1. The third-order valence-corrected chi connectivity index (χ3v) is 4.97. The average Bonchev–Trinajstić information content (AvgIpc) is 2.55. The van der Waals surface area contributed by atoms with Crippen LogP contribution in [0.4, 0.5) is 4.79 Å². The van der Waals surface area contributed by atoms with Gasteiger partial charge in [0.1, 0.15) is 12.0 Å². The van der Waals surface area contributed by atoms with Crippen molar-refractivity contribution < 1.29 is 24.2 Å². The summed E-state index contributed by atoms with van der Waals surface area (Å²) in [6.45, 7) is 11.2. The lowest BCUT2D eigenvalue weighted by molar-refractivity contribution is -0.156. The average molecular weight is 376 g/mol. The van der Waals surface area contributed by atoms with E-state index in [2.05, 4.69) is 10.3 Å². The van der Waals surface area contributed by atoms with E-state index in [-0.39, 0.29) is 23.0 Å². The van der Waals surface area contributed by atoms with Gasteiger partial charge in [0, 0.05) is 5.71 Å². The molecule has 0 saturated heterocycles. The molecular formula is C20H28N2O5. The number of hydrogen-bond acceptors (Lipinski definition) is 5. The minimum atomic E-state index is -0.763. The molecule has 2 N–H and O–H groups in total. The fourth-order valence-electron chi connectivity index (χ4n) is 2.84. The topological polar surface area (TPSA) is 97.2 Å². The maximum absolute atomic E-state index is 12.9. The monoisotopic (exact) mass is 376 g/mol. The quantitative estimate of drug-likeness (QED) is 0.784. The van der Waals surface area contributed by atoms with Gasteiger partial charge in [-0.3, -0.25) is 4.79 Å². The van der Waals surface area contributed by atoms with E-state index in [0.29, 0.717) is 16.8 Å². The number of phenols is 1. The molecule has 3 atom stereocenters. The Labute approximate surface area is 159 Å². The Hall–Kier alpha value is -2.57. The smallest absolute Gasteiger partial charge is 0.341 e. The van der Waals surface area contributed by atoms with Crippen LogP contribution in [0.15, 0.2) is 17.1 Å². The highest BCUT2D eigenvalue weighted by Crippen LogP contribution is 2.37. The van der Waals surface area contributed by atoms with Crippen molar-refractivity contribution in [2.24, 2.45) is 16.3 Å². The van der Waals surface area contributed by atoms with Crippen molar-refractivity contribution >= 4 is 17.7 Å². The van der Waals surface area contributed by atoms with Crippen molar-refractivity contribution in [3.63, 3.8) is 0 Å². The summed E-state index contributed by atoms with van der Waals surface area (Å²) in [4.78, 5) is 28.8. The summed E-state index contributed by atoms with van der Waals surface area (Å²) < 4.78 is 10.9. The van der Waals surface area contributed by atoms with Gasteiger partial charge in [-0.25, -0.2) is 9.79 Å². The molecular weight excluding hydrogens is 348 g/mol. The van der Waals surface area contributed by atoms with E-state index in [4.69, 9.17) is 9.47 Å². The van der Waals surface area contributed by atoms with Gasteiger partial charge in [0.15, 0.2) is 11.5 Å². The molecule has 0 aliphatic carbocycles. The number of aliphatic imine (C=N–C) groups is 1. The van der Waals surface area contributed by atoms with Crippen LogP contribution >= 0.6 is 0 Å². The number of ether oxygens (including phenoxy) is 2. The first-order chi connectivity index (χ1) is 12.5. The molecule has 0 radical (unpaired) electrons. The molecule has 3 unspecified atom stereocenters. The number of esters is 1. The van der Waals surface area contributed by atoms with Crippen LogP contribution in [0.3, 0.4) is 0 Å². The van der Waals surface area contributed by atoms with Gasteiger partial charge in [-0.15, -0.1) is 0 Å². The second-order valence-corrected chi connectivity index (χ2v) is 7.99. The van der Waals surface area contributed by atoms with E-state index in [1.165, 1.54) is 7.11 Å². The minimum absolute atomic E-state index is 0.0225. The highest BCUT2D eigenvalue weighted by molar-refractivity contribution is 6.08. The molecule has 2 rings (SSSR count). The minimum Gasteiger partial charge on any atom is -0.504 e. The molecule has 1 aromatic carbocycles. The van der Waals surface area contributed by atoms with Crippen molar-refractivity contribution in [1.82, 2.24) is 5.32 Å². The number of hydrogen-bond donors (Lipinski definition) is 2. The highest BCUT2D eigenvalue weighted by atomic mass is 16.5. The number of methoxy groups -OCH3 is 1. The molecule has 1 aliphatic rings. The first-order valence-electron chi connectivity index (χ1n) is 8.89. The van der Waals surface area contributed by atoms with Gasteiger partial charge in [-0.05, 0) is 43.4 Å². The fraction of sp³-hybridized carbons (Fsp3) is 0.550. The SMILES string of the molecule is COc1cc(C2NC(=O)N=C(C)C2C(=O)OC(C)C(C)(C)C)cc(C)c1O. The van der Waals surface area contributed by atoms with Crippen molar-refractivity contribution in [2.75, 3.05) is 7.11 Å². The van der Waals surface area contributed by atoms with Gasteiger partial charge in [-0.1, -0.05) is 26.8 Å². The second-order valence-electron chi connectivity index (χ2n) is 7.99. The predicted octanol–water partition coefficient (Wildman–Crippen LogP) is 3.53. The van der Waals surface area contributed by atoms with Gasteiger partial charge in [0.2, 0.25) is 0 Å². The zero-order valence-electron chi connectivity index (χ0n) is 16.9. The molecule has 0 bridgehead atoms. The van der Waals surface area contributed by atoms with Gasteiger partial charge in [-0.2, -0.15) is 0 Å². The molecule has 7 nitrogen and oxygen atoms in total. The first-order valence-corrected chi connectivity index (χ1v) is 8.89. The summed E-state index contributed by atoms with van der Waals surface area (Å²) in [5, 5.41) is 12.8. The first kappa shape index (κ1) is 20.7. The summed E-state index contributed by atoms with van der Waals surface area (Å²) in [5.74, 6) is -0.918. The molecule has 0 fully saturated rings. The molecule has 1 aromatic rings. The third-order valence-electron chi connectivity index (χ3n) is 4.97. The van der Waals surface area contributed by atoms with E-state index in [0.717, 1.165) is 0 Å². The van der Waals surface area contributed by atoms with Crippen LogP contribution in [0.2, 0.25) is 0 Å². The van der Waals surface area contributed by atoms with E-state index in [9.17, 15) is 14.7 Å². The predicted molar refractivity (Wildman–Crippen MR) is 102 cm³/mol. The van der Waals surface area contributed by atoms with Crippen molar-refractivity contribution in [1.29, 1.82) is 0 Å². The van der Waals surface area contributed by atoms with Crippen molar-refractivity contribution in [2.45, 2.75) is 53.7 Å². The summed E-state index contributed by atoms with van der Waals surface area (Å²) in [5.41, 5.74) is 1.38. The highest BCUT2D eigenvalue weighted by Gasteiger charge is 2.40. The molecule has 148 valence electrons. The van der Waals surface area contributed by atoms with Gasteiger partial charge >= 0.3 is 12.0 Å². The van der Waals surface area contributed by atoms with Crippen LogP contribution in [0.1, 0.15) is 51.8 Å². The number of rotatable bonds is 4. The zero-order valence-corrected chi connectivity index (χ0v) is 16.9. The van der Waals surface area contributed by atoms with Crippen LogP contribution in [0.5, 0.6) is 11.5 Å². The maximum atomic E-state index is 12.9. The van der Waals surface area contributed by atoms with Crippen LogP contribution in [-0.2, 0) is 9.53 Å². The Balaban J connectivity index is 2.44. The summed E-state index contributed by atoms with van der Waals surface area (Å²) in [7, 11) is 1.45. The molecule has 1 heterocycles. The van der Waals surface area contributed by atoms with E-state index in [1.807, 2.05) is 27.7 Å². The van der Waals surface area contributed by atoms with Gasteiger partial charge in [0.25, 0.3) is 0 Å². The fourth-order valence-corrected chi connectivity index (χ4v) is 2.84. The summed E-state index contributed by atoms with van der Waals surface area (Å²) >= 11 is 0. The van der Waals surface area contributed by atoms with Crippen LogP contribution < -0.4 is 10.1 Å². The molecule has 0 saturated carbocycles. The lowest BCUT2D eigenvalue weighted by Gasteiger charge is -2.33. The lowest BCUT2D eigenvalue weighted by Crippen LogP contribution is -2.45. The van der Waals surface area contributed by atoms with Gasteiger partial charge < -0.3 is 19.9 Å². The van der Waals surface area contributed by atoms with E-state index >= 15 is 0 Å². The van der Waals surface area contributed by atoms with Crippen LogP contribution in [0.25, 0.3) is 0 Å². The molecule has 27 heavy (non-hydrogen) atoms. The largest absolute Gasteiger partial charge is 0.504 e.